The summed E-state index contributed by atoms with van der Waals surface area (Å²) in [5.41, 5.74) is 1.75. The predicted octanol–water partition coefficient (Wildman–Crippen LogP) is 2.72. The van der Waals surface area contributed by atoms with Crippen molar-refractivity contribution in [3.05, 3.63) is 35.1 Å². The zero-order valence-corrected chi connectivity index (χ0v) is 11.0. The summed E-state index contributed by atoms with van der Waals surface area (Å²) in [4.78, 5) is 11.1. The third-order valence-corrected chi connectivity index (χ3v) is 2.86. The van der Waals surface area contributed by atoms with Crippen LogP contribution in [0.1, 0.15) is 31.4 Å². The SMILES string of the molecule is Cc1ccc(F)cc1CN[C@H](CC(C)C)C(=O)O. The summed E-state index contributed by atoms with van der Waals surface area (Å²) in [7, 11) is 0. The maximum atomic E-state index is 13.1. The van der Waals surface area contributed by atoms with Gasteiger partial charge in [-0.05, 0) is 42.5 Å². The number of benzene rings is 1. The van der Waals surface area contributed by atoms with Crippen LogP contribution in [0.15, 0.2) is 18.2 Å². The van der Waals surface area contributed by atoms with E-state index in [4.69, 9.17) is 5.11 Å². The van der Waals surface area contributed by atoms with Gasteiger partial charge in [-0.25, -0.2) is 4.39 Å². The van der Waals surface area contributed by atoms with Gasteiger partial charge in [0.15, 0.2) is 0 Å². The van der Waals surface area contributed by atoms with Crippen molar-refractivity contribution in [1.29, 1.82) is 0 Å². The third kappa shape index (κ3) is 4.45. The van der Waals surface area contributed by atoms with Gasteiger partial charge in [0.05, 0.1) is 0 Å². The smallest absolute Gasteiger partial charge is 0.320 e. The summed E-state index contributed by atoms with van der Waals surface area (Å²) in [5, 5.41) is 12.1. The molecule has 0 radical (unpaired) electrons. The lowest BCUT2D eigenvalue weighted by Crippen LogP contribution is -2.37. The van der Waals surface area contributed by atoms with Gasteiger partial charge in [-0.2, -0.15) is 0 Å². The molecule has 0 unspecified atom stereocenters. The molecule has 0 heterocycles. The molecule has 1 aromatic carbocycles. The number of carbonyl (C=O) groups is 1. The average Bonchev–Trinajstić information content (AvgIpc) is 2.27. The maximum absolute atomic E-state index is 13.1. The number of carboxylic acids is 1. The molecule has 100 valence electrons. The molecule has 0 spiro atoms. The Morgan fingerprint density at radius 3 is 2.67 bits per heavy atom. The topological polar surface area (TPSA) is 49.3 Å². The first-order chi connectivity index (χ1) is 8.40. The standard InChI is InChI=1S/C14H20FNO2/c1-9(2)6-13(14(17)18)16-8-11-7-12(15)5-4-10(11)3/h4-5,7,9,13,16H,6,8H2,1-3H3,(H,17,18)/t13-/m1/s1. The van der Waals surface area contributed by atoms with Crippen molar-refractivity contribution >= 4 is 5.97 Å². The Morgan fingerprint density at radius 2 is 2.11 bits per heavy atom. The molecular weight excluding hydrogens is 233 g/mol. The van der Waals surface area contributed by atoms with Gasteiger partial charge in [0, 0.05) is 6.54 Å². The lowest BCUT2D eigenvalue weighted by molar-refractivity contribution is -0.140. The second kappa shape index (κ2) is 6.50. The van der Waals surface area contributed by atoms with Gasteiger partial charge in [0.2, 0.25) is 0 Å². The molecule has 0 bridgehead atoms. The molecule has 0 saturated carbocycles. The second-order valence-electron chi connectivity index (χ2n) is 4.97. The fraction of sp³-hybridized carbons (Fsp3) is 0.500. The number of hydrogen-bond donors (Lipinski definition) is 2. The lowest BCUT2D eigenvalue weighted by atomic mass is 10.0. The van der Waals surface area contributed by atoms with E-state index in [9.17, 15) is 9.18 Å². The van der Waals surface area contributed by atoms with Gasteiger partial charge in [-0.1, -0.05) is 19.9 Å². The molecule has 1 aromatic rings. The Morgan fingerprint density at radius 1 is 1.44 bits per heavy atom. The van der Waals surface area contributed by atoms with Crippen LogP contribution in [0.3, 0.4) is 0 Å². The van der Waals surface area contributed by atoms with Crippen molar-refractivity contribution in [3.63, 3.8) is 0 Å². The van der Waals surface area contributed by atoms with E-state index >= 15 is 0 Å². The summed E-state index contributed by atoms with van der Waals surface area (Å²) in [6, 6.07) is 3.95. The third-order valence-electron chi connectivity index (χ3n) is 2.86. The number of aryl methyl sites for hydroxylation is 1. The minimum atomic E-state index is -0.863. The van der Waals surface area contributed by atoms with Crippen LogP contribution in [0.4, 0.5) is 4.39 Å². The van der Waals surface area contributed by atoms with Crippen molar-refractivity contribution in [2.24, 2.45) is 5.92 Å². The zero-order valence-electron chi connectivity index (χ0n) is 11.0. The molecule has 1 atom stereocenters. The Hall–Kier alpha value is -1.42. The van der Waals surface area contributed by atoms with Gasteiger partial charge in [-0.15, -0.1) is 0 Å². The minimum Gasteiger partial charge on any atom is -0.480 e. The number of halogens is 1. The van der Waals surface area contributed by atoms with Crippen molar-refractivity contribution in [3.8, 4) is 0 Å². The van der Waals surface area contributed by atoms with Crippen molar-refractivity contribution < 1.29 is 14.3 Å². The predicted molar refractivity (Wildman–Crippen MR) is 68.9 cm³/mol. The summed E-state index contributed by atoms with van der Waals surface area (Å²) in [6.07, 6.45) is 0.559. The van der Waals surface area contributed by atoms with Crippen molar-refractivity contribution in [1.82, 2.24) is 5.32 Å². The van der Waals surface area contributed by atoms with Gasteiger partial charge >= 0.3 is 5.97 Å². The van der Waals surface area contributed by atoms with E-state index in [1.54, 1.807) is 6.07 Å². The normalized spacial score (nSPS) is 12.7. The van der Waals surface area contributed by atoms with E-state index in [0.29, 0.717) is 18.9 Å². The quantitative estimate of drug-likeness (QED) is 0.819. The van der Waals surface area contributed by atoms with E-state index in [1.165, 1.54) is 12.1 Å². The first-order valence-corrected chi connectivity index (χ1v) is 6.11. The Balaban J connectivity index is 2.66. The molecule has 0 saturated heterocycles. The van der Waals surface area contributed by atoms with Crippen LogP contribution in [-0.2, 0) is 11.3 Å². The van der Waals surface area contributed by atoms with Crippen LogP contribution in [-0.4, -0.2) is 17.1 Å². The van der Waals surface area contributed by atoms with E-state index in [1.807, 2.05) is 20.8 Å². The van der Waals surface area contributed by atoms with Crippen LogP contribution < -0.4 is 5.32 Å². The molecule has 0 aliphatic rings. The molecule has 2 N–H and O–H groups in total. The Kier molecular flexibility index (Phi) is 5.28. The highest BCUT2D eigenvalue weighted by Crippen LogP contribution is 2.11. The van der Waals surface area contributed by atoms with E-state index < -0.39 is 12.0 Å². The first-order valence-electron chi connectivity index (χ1n) is 6.11. The van der Waals surface area contributed by atoms with Gasteiger partial charge in [-0.3, -0.25) is 4.79 Å². The van der Waals surface area contributed by atoms with Crippen molar-refractivity contribution in [2.75, 3.05) is 0 Å². The molecule has 18 heavy (non-hydrogen) atoms. The molecule has 0 amide bonds. The zero-order chi connectivity index (χ0) is 13.7. The molecule has 3 nitrogen and oxygen atoms in total. The summed E-state index contributed by atoms with van der Waals surface area (Å²) < 4.78 is 13.1. The van der Waals surface area contributed by atoms with E-state index in [-0.39, 0.29) is 5.82 Å². The van der Waals surface area contributed by atoms with Gasteiger partial charge in [0.25, 0.3) is 0 Å². The number of rotatable bonds is 6. The summed E-state index contributed by atoms with van der Waals surface area (Å²) >= 11 is 0. The number of nitrogens with one attached hydrogen (secondary N) is 1. The summed E-state index contributed by atoms with van der Waals surface area (Å²) in [5.74, 6) is -0.863. The number of aliphatic carboxylic acids is 1. The Bertz CT molecular complexity index is 418. The molecule has 0 aliphatic carbocycles. The monoisotopic (exact) mass is 253 g/mol. The van der Waals surface area contributed by atoms with Crippen LogP contribution in [0.2, 0.25) is 0 Å². The van der Waals surface area contributed by atoms with Crippen LogP contribution in [0.25, 0.3) is 0 Å². The molecular formula is C14H20FNO2. The maximum Gasteiger partial charge on any atom is 0.320 e. The van der Waals surface area contributed by atoms with Gasteiger partial charge in [0.1, 0.15) is 11.9 Å². The first kappa shape index (κ1) is 14.6. The van der Waals surface area contributed by atoms with E-state index in [0.717, 1.165) is 11.1 Å². The van der Waals surface area contributed by atoms with Crippen LogP contribution in [0.5, 0.6) is 0 Å². The number of carboxylic acid groups (broad SMARTS) is 1. The van der Waals surface area contributed by atoms with Crippen LogP contribution in [0, 0.1) is 18.7 Å². The van der Waals surface area contributed by atoms with Crippen LogP contribution >= 0.6 is 0 Å². The second-order valence-corrected chi connectivity index (χ2v) is 4.97. The van der Waals surface area contributed by atoms with Crippen molar-refractivity contribution in [2.45, 2.75) is 39.8 Å². The molecule has 0 aromatic heterocycles. The molecule has 1 rings (SSSR count). The van der Waals surface area contributed by atoms with E-state index in [2.05, 4.69) is 5.32 Å². The average molecular weight is 253 g/mol. The highest BCUT2D eigenvalue weighted by Gasteiger charge is 2.18. The number of hydrogen-bond acceptors (Lipinski definition) is 2. The highest BCUT2D eigenvalue weighted by molar-refractivity contribution is 5.73. The largest absolute Gasteiger partial charge is 0.480 e. The van der Waals surface area contributed by atoms with Gasteiger partial charge < -0.3 is 10.4 Å². The molecule has 0 aliphatic heterocycles. The molecule has 0 fully saturated rings. The minimum absolute atomic E-state index is 0.298. The lowest BCUT2D eigenvalue weighted by Gasteiger charge is -2.17. The Labute approximate surface area is 107 Å². The highest BCUT2D eigenvalue weighted by atomic mass is 19.1. The fourth-order valence-corrected chi connectivity index (χ4v) is 1.81. The molecule has 4 heteroatoms. The summed E-state index contributed by atoms with van der Waals surface area (Å²) in [6.45, 7) is 6.21. The fourth-order valence-electron chi connectivity index (χ4n) is 1.81.